The van der Waals surface area contributed by atoms with Crippen molar-refractivity contribution in [2.45, 2.75) is 91.5 Å². The predicted molar refractivity (Wildman–Crippen MR) is 222 cm³/mol. The highest BCUT2D eigenvalue weighted by Crippen LogP contribution is 2.33. The maximum atomic E-state index is 13.8. The minimum absolute atomic E-state index is 0.0145. The Labute approximate surface area is 362 Å². The smallest absolute Gasteiger partial charge is 0.413 e. The van der Waals surface area contributed by atoms with Gasteiger partial charge in [0.2, 0.25) is 23.6 Å². The fourth-order valence-electron chi connectivity index (χ4n) is 6.17. The van der Waals surface area contributed by atoms with Crippen LogP contribution >= 0.6 is 0 Å². The van der Waals surface area contributed by atoms with E-state index in [-0.39, 0.29) is 58.4 Å². The van der Waals surface area contributed by atoms with Crippen molar-refractivity contribution in [1.29, 1.82) is 0 Å². The molecule has 2 aromatic heterocycles. The first-order valence-corrected chi connectivity index (χ1v) is 19.1. The summed E-state index contributed by atoms with van der Waals surface area (Å²) in [6.07, 6.45) is -0.0850. The second kappa shape index (κ2) is 19.5. The molecule has 63 heavy (non-hydrogen) atoms. The highest BCUT2D eigenvalue weighted by atomic mass is 16.6. The lowest BCUT2D eigenvalue weighted by atomic mass is 9.97. The van der Waals surface area contributed by atoms with Crippen molar-refractivity contribution in [3.8, 4) is 0 Å². The molecule has 3 aromatic rings. The molecule has 0 unspecified atom stereocenters. The average molecular weight is 875 g/mol. The number of oxazole rings is 2. The lowest BCUT2D eigenvalue weighted by Crippen LogP contribution is -2.58. The lowest BCUT2D eigenvalue weighted by molar-refractivity contribution is -0.136. The molecule has 1 aromatic carbocycles. The third-order valence-electron chi connectivity index (χ3n) is 9.26. The summed E-state index contributed by atoms with van der Waals surface area (Å²) >= 11 is 0. The van der Waals surface area contributed by atoms with Gasteiger partial charge in [-0.1, -0.05) is 56.1 Å². The van der Waals surface area contributed by atoms with E-state index < -0.39 is 76.8 Å². The first-order valence-electron chi connectivity index (χ1n) is 19.1. The number of carbonyl (C=O) groups is 7. The Hall–Kier alpha value is -7.39. The zero-order valence-corrected chi connectivity index (χ0v) is 36.2. The number of aliphatic hydroxyl groups is 1. The summed E-state index contributed by atoms with van der Waals surface area (Å²) in [5, 5.41) is 22.7. The first kappa shape index (κ1) is 48.3. The number of benzene rings is 1. The van der Waals surface area contributed by atoms with Crippen LogP contribution < -0.4 is 26.6 Å². The van der Waals surface area contributed by atoms with Gasteiger partial charge in [0.15, 0.2) is 11.4 Å². The molecule has 1 saturated heterocycles. The lowest BCUT2D eigenvalue weighted by Gasteiger charge is -2.32. The Bertz CT molecular complexity index is 2370. The van der Waals surface area contributed by atoms with E-state index in [0.717, 1.165) is 12.7 Å². The molecule has 0 radical (unpaired) electrons. The van der Waals surface area contributed by atoms with E-state index >= 15 is 0 Å². The van der Waals surface area contributed by atoms with Gasteiger partial charge in [-0.3, -0.25) is 28.9 Å². The van der Waals surface area contributed by atoms with Crippen molar-refractivity contribution in [3.63, 3.8) is 0 Å². The van der Waals surface area contributed by atoms with Crippen LogP contribution in [0.1, 0.15) is 91.4 Å². The van der Waals surface area contributed by atoms with Crippen LogP contribution in [0.2, 0.25) is 0 Å². The number of hydrogen-bond acceptors (Lipinski definition) is 15. The molecule has 0 bridgehead atoms. The molecule has 4 rings (SSSR count). The Morgan fingerprint density at radius 1 is 0.905 bits per heavy atom. The molecule has 0 aliphatic carbocycles. The molecule has 336 valence electrons. The first-order chi connectivity index (χ1) is 29.4. The molecule has 0 saturated carbocycles. The van der Waals surface area contributed by atoms with E-state index in [0.29, 0.717) is 0 Å². The van der Waals surface area contributed by atoms with E-state index in [9.17, 15) is 38.7 Å². The summed E-state index contributed by atoms with van der Waals surface area (Å²) in [5.41, 5.74) is -4.12. The van der Waals surface area contributed by atoms with Crippen LogP contribution in [-0.4, -0.2) is 98.2 Å². The largest absolute Gasteiger partial charge is 0.464 e. The van der Waals surface area contributed by atoms with Gasteiger partial charge in [0.1, 0.15) is 41.6 Å². The summed E-state index contributed by atoms with van der Waals surface area (Å²) in [6.45, 7) is 22.3. The number of esters is 1. The quantitative estimate of drug-likeness (QED) is 0.0891. The van der Waals surface area contributed by atoms with Crippen molar-refractivity contribution >= 4 is 53.0 Å². The Kier molecular flexibility index (Phi) is 15.0. The monoisotopic (exact) mass is 874 g/mol. The van der Waals surface area contributed by atoms with Crippen molar-refractivity contribution in [2.24, 2.45) is 0 Å². The zero-order chi connectivity index (χ0) is 47.1. The summed E-state index contributed by atoms with van der Waals surface area (Å²) < 4.78 is 27.2. The number of aromatic nitrogens is 2. The normalized spacial score (nSPS) is 16.2. The zero-order valence-electron chi connectivity index (χ0n) is 36.2. The molecule has 21 heteroatoms. The molecule has 21 nitrogen and oxygen atoms in total. The maximum Gasteiger partial charge on any atom is 0.413 e. The number of nitrogens with one attached hydrogen (secondary N) is 5. The van der Waals surface area contributed by atoms with Gasteiger partial charge >= 0.3 is 12.1 Å². The summed E-state index contributed by atoms with van der Waals surface area (Å²) in [5.74, 6) is -6.01. The summed E-state index contributed by atoms with van der Waals surface area (Å²) in [4.78, 5) is 101. The minimum atomic E-state index is -1.92. The Morgan fingerprint density at radius 3 is 2.02 bits per heavy atom. The summed E-state index contributed by atoms with van der Waals surface area (Å²) in [6, 6.07) is 6.16. The molecule has 1 fully saturated rings. The van der Waals surface area contributed by atoms with Crippen LogP contribution in [0.15, 0.2) is 76.4 Å². The second-order valence-corrected chi connectivity index (χ2v) is 15.0. The van der Waals surface area contributed by atoms with Gasteiger partial charge in [-0.05, 0) is 61.0 Å². The highest BCUT2D eigenvalue weighted by Gasteiger charge is 2.52. The van der Waals surface area contributed by atoms with Crippen LogP contribution in [0, 0.1) is 13.8 Å². The van der Waals surface area contributed by atoms with E-state index in [2.05, 4.69) is 61.0 Å². The molecular weight excluding hydrogens is 825 g/mol. The van der Waals surface area contributed by atoms with Crippen LogP contribution in [0.3, 0.4) is 0 Å². The summed E-state index contributed by atoms with van der Waals surface area (Å²) in [7, 11) is 1.10. The third kappa shape index (κ3) is 11.5. The van der Waals surface area contributed by atoms with Crippen molar-refractivity contribution < 1.29 is 61.7 Å². The topological polar surface area (TPSA) is 283 Å². The number of aryl methyl sites for hydroxylation is 2. The molecule has 3 atom stereocenters. The molecule has 6 N–H and O–H groups in total. The second-order valence-electron chi connectivity index (χ2n) is 15.0. The molecule has 1 aliphatic rings. The standard InChI is InChI=1S/C42H50N8O13/c1-13-27(46-35(54)30-25(7)63-42(10,11)50(30)40(57)60-19-26-17-15-14-16-18-26)38-48-29(24(6)62-38)33(52)43-20(2)32(51)49-31(41(8,9)58)36(55)44-21(3)37-47-28(23(5)61-37)34(53)45-22(4)39(56)59-12/h13-18,25,30-31,58H,2-4,19H2,1,5-12H3,(H,43,52)(H,44,55)(H,45,53)(H,46,54)(H,49,51)/b27-13-/t25-,30+,31-/m1/s1. The Morgan fingerprint density at radius 2 is 1.46 bits per heavy atom. The number of hydrogen-bond donors (Lipinski definition) is 6. The average Bonchev–Trinajstić information content (AvgIpc) is 3.88. The maximum absolute atomic E-state index is 13.8. The van der Waals surface area contributed by atoms with Crippen LogP contribution in [-0.2, 0) is 40.0 Å². The SMILES string of the molecule is C=C(NC(=O)c1nc(/C(=C/C)NC(=O)[C@@H]2[C@@H](C)OC(C)(C)N2C(=O)OCc2ccccc2)oc1C)C(=O)N[C@H](C(=O)NC(=C)c1nc(C(=O)NC(=C)C(=O)OC)c(C)o1)C(C)(C)O. The van der Waals surface area contributed by atoms with E-state index in [1.807, 2.05) is 6.07 Å². The fourth-order valence-corrected chi connectivity index (χ4v) is 6.17. The number of allylic oxidation sites excluding steroid dienone is 1. The highest BCUT2D eigenvalue weighted by molar-refractivity contribution is 6.04. The van der Waals surface area contributed by atoms with Crippen molar-refractivity contribution in [1.82, 2.24) is 41.5 Å². The van der Waals surface area contributed by atoms with Crippen LogP contribution in [0.5, 0.6) is 0 Å². The predicted octanol–water partition coefficient (Wildman–Crippen LogP) is 2.62. The number of methoxy groups -OCH3 is 1. The van der Waals surface area contributed by atoms with Gasteiger partial charge < -0.3 is 54.7 Å². The fraction of sp³-hybridized carbons (Fsp3) is 0.357. The molecular formula is C42H50N8O13. The number of nitrogens with zero attached hydrogens (tertiary/aromatic N) is 3. The molecule has 0 spiro atoms. The van der Waals surface area contributed by atoms with Gasteiger partial charge in [0.05, 0.1) is 35.9 Å². The third-order valence-corrected chi connectivity index (χ3v) is 9.26. The Balaban J connectivity index is 1.40. The van der Waals surface area contributed by atoms with E-state index in [4.69, 9.17) is 18.3 Å². The van der Waals surface area contributed by atoms with Gasteiger partial charge in [-0.15, -0.1) is 0 Å². The van der Waals surface area contributed by atoms with Crippen LogP contribution in [0.4, 0.5) is 4.79 Å². The number of rotatable bonds is 16. The van der Waals surface area contributed by atoms with E-state index in [1.54, 1.807) is 52.0 Å². The number of ether oxygens (including phenoxy) is 3. The van der Waals surface area contributed by atoms with Gasteiger partial charge in [-0.25, -0.2) is 19.6 Å². The van der Waals surface area contributed by atoms with E-state index in [1.165, 1.54) is 38.7 Å². The van der Waals surface area contributed by atoms with Crippen LogP contribution in [0.25, 0.3) is 11.4 Å². The van der Waals surface area contributed by atoms with Crippen molar-refractivity contribution in [3.05, 3.63) is 108 Å². The number of carbonyl (C=O) groups excluding carboxylic acids is 7. The molecule has 6 amide bonds. The van der Waals surface area contributed by atoms with Crippen molar-refractivity contribution in [2.75, 3.05) is 7.11 Å². The number of amides is 6. The van der Waals surface area contributed by atoms with Gasteiger partial charge in [-0.2, -0.15) is 0 Å². The molecule has 1 aliphatic heterocycles. The molecule has 3 heterocycles. The van der Waals surface area contributed by atoms with Gasteiger partial charge in [0, 0.05) is 0 Å². The minimum Gasteiger partial charge on any atom is -0.464 e. The van der Waals surface area contributed by atoms with Gasteiger partial charge in [0.25, 0.3) is 17.7 Å².